The Kier molecular flexibility index (Phi) is 5.39. The molecule has 1 fully saturated rings. The maximum atomic E-state index is 6.05. The Bertz CT molecular complexity index is 1260. The Hall–Kier alpha value is -3.62. The van der Waals surface area contributed by atoms with Crippen LogP contribution in [0, 0.1) is 11.8 Å². The summed E-state index contributed by atoms with van der Waals surface area (Å²) in [5.41, 5.74) is 10.3. The molecule has 5 heteroatoms. The zero-order valence-electron chi connectivity index (χ0n) is 17.3. The monoisotopic (exact) mass is 408 g/mol. The highest BCUT2D eigenvalue weighted by atomic mass is 16.5. The van der Waals surface area contributed by atoms with Gasteiger partial charge in [-0.15, -0.1) is 0 Å². The molecule has 154 valence electrons. The molecule has 2 aromatic carbocycles. The first kappa shape index (κ1) is 19.3. The van der Waals surface area contributed by atoms with Gasteiger partial charge in [0.1, 0.15) is 29.4 Å². The highest BCUT2D eigenvalue weighted by Crippen LogP contribution is 2.39. The van der Waals surface area contributed by atoms with E-state index in [9.17, 15) is 0 Å². The second kappa shape index (κ2) is 8.63. The van der Waals surface area contributed by atoms with Crippen molar-refractivity contribution >= 4 is 5.52 Å². The van der Waals surface area contributed by atoms with Crippen LogP contribution in [-0.2, 0) is 6.61 Å². The van der Waals surface area contributed by atoms with E-state index in [0.717, 1.165) is 33.9 Å². The van der Waals surface area contributed by atoms with Crippen LogP contribution in [0.4, 0.5) is 0 Å². The SMILES string of the molecule is NCC#Cc1nccn2c(C3CCC3)nc(-c3cccc(OCc4ccccc4)c3)c12. The molecule has 5 rings (SSSR count). The van der Waals surface area contributed by atoms with Crippen LogP contribution in [0.15, 0.2) is 67.0 Å². The largest absolute Gasteiger partial charge is 0.489 e. The fourth-order valence-electron chi connectivity index (χ4n) is 3.92. The van der Waals surface area contributed by atoms with E-state index in [1.54, 1.807) is 6.20 Å². The molecule has 1 aliphatic carbocycles. The van der Waals surface area contributed by atoms with E-state index in [4.69, 9.17) is 15.5 Å². The van der Waals surface area contributed by atoms with Gasteiger partial charge < -0.3 is 10.5 Å². The van der Waals surface area contributed by atoms with Crippen molar-refractivity contribution in [2.75, 3.05) is 6.54 Å². The minimum atomic E-state index is 0.296. The van der Waals surface area contributed by atoms with Gasteiger partial charge in [-0.1, -0.05) is 54.8 Å². The zero-order chi connectivity index (χ0) is 21.0. The normalized spacial score (nSPS) is 13.5. The lowest BCUT2D eigenvalue weighted by molar-refractivity contribution is 0.306. The summed E-state index contributed by atoms with van der Waals surface area (Å²) in [6.45, 7) is 0.820. The van der Waals surface area contributed by atoms with Gasteiger partial charge in [0, 0.05) is 23.9 Å². The molecule has 2 N–H and O–H groups in total. The Balaban J connectivity index is 1.56. The van der Waals surface area contributed by atoms with Crippen molar-refractivity contribution in [3.05, 3.63) is 84.1 Å². The van der Waals surface area contributed by atoms with Gasteiger partial charge in [-0.25, -0.2) is 9.97 Å². The first-order valence-electron chi connectivity index (χ1n) is 10.7. The molecule has 0 bridgehead atoms. The van der Waals surface area contributed by atoms with E-state index < -0.39 is 0 Å². The van der Waals surface area contributed by atoms with Crippen LogP contribution in [0.25, 0.3) is 16.8 Å². The summed E-state index contributed by atoms with van der Waals surface area (Å²) in [7, 11) is 0. The predicted octanol–water partition coefficient (Wildman–Crippen LogP) is 4.55. The van der Waals surface area contributed by atoms with E-state index in [2.05, 4.69) is 39.4 Å². The van der Waals surface area contributed by atoms with Crippen LogP contribution in [-0.4, -0.2) is 20.9 Å². The summed E-state index contributed by atoms with van der Waals surface area (Å²) in [4.78, 5) is 9.60. The molecule has 0 unspecified atom stereocenters. The van der Waals surface area contributed by atoms with Crippen molar-refractivity contribution in [3.8, 4) is 28.8 Å². The lowest BCUT2D eigenvalue weighted by atomic mass is 9.85. The van der Waals surface area contributed by atoms with Crippen LogP contribution in [0.1, 0.15) is 42.3 Å². The minimum absolute atomic E-state index is 0.296. The first-order chi connectivity index (χ1) is 15.3. The molecule has 0 amide bonds. The van der Waals surface area contributed by atoms with E-state index in [-0.39, 0.29) is 0 Å². The first-order valence-corrected chi connectivity index (χ1v) is 10.7. The van der Waals surface area contributed by atoms with E-state index in [1.165, 1.54) is 19.3 Å². The zero-order valence-corrected chi connectivity index (χ0v) is 17.3. The number of hydrogen-bond donors (Lipinski definition) is 1. The van der Waals surface area contributed by atoms with Crippen LogP contribution >= 0.6 is 0 Å². The maximum absolute atomic E-state index is 6.05. The number of nitrogens with zero attached hydrogens (tertiary/aromatic N) is 3. The van der Waals surface area contributed by atoms with E-state index in [1.807, 2.05) is 42.6 Å². The molecule has 0 radical (unpaired) electrons. The fraction of sp³-hybridized carbons (Fsp3) is 0.231. The van der Waals surface area contributed by atoms with Crippen molar-refractivity contribution in [2.24, 2.45) is 5.73 Å². The Labute approximate surface area is 181 Å². The molecule has 0 atom stereocenters. The van der Waals surface area contributed by atoms with Gasteiger partial charge in [-0.3, -0.25) is 4.40 Å². The van der Waals surface area contributed by atoms with Gasteiger partial charge >= 0.3 is 0 Å². The number of ether oxygens (including phenoxy) is 1. The molecule has 2 aromatic heterocycles. The molecule has 31 heavy (non-hydrogen) atoms. The average Bonchev–Trinajstić information content (AvgIpc) is 3.16. The van der Waals surface area contributed by atoms with Crippen molar-refractivity contribution in [1.82, 2.24) is 14.4 Å². The van der Waals surface area contributed by atoms with Gasteiger partial charge in [0.15, 0.2) is 0 Å². The van der Waals surface area contributed by atoms with Crippen molar-refractivity contribution in [3.63, 3.8) is 0 Å². The summed E-state index contributed by atoms with van der Waals surface area (Å²) in [6.07, 6.45) is 7.38. The standard InChI is InChI=1S/C26H24N4O/c27-14-6-13-23-25-24(29-26(20-9-4-10-20)30(25)16-15-28-23)21-11-5-12-22(17-21)31-18-19-7-2-1-3-8-19/h1-3,5,7-8,11-12,15-17,20H,4,9-10,14,18,27H2. The molecule has 2 heterocycles. The molecular formula is C26H24N4O. The maximum Gasteiger partial charge on any atom is 0.139 e. The minimum Gasteiger partial charge on any atom is -0.489 e. The second-order valence-electron chi connectivity index (χ2n) is 7.75. The number of nitrogens with two attached hydrogens (primary N) is 1. The van der Waals surface area contributed by atoms with Gasteiger partial charge in [0.2, 0.25) is 0 Å². The summed E-state index contributed by atoms with van der Waals surface area (Å²) in [5, 5.41) is 0. The molecule has 0 spiro atoms. The summed E-state index contributed by atoms with van der Waals surface area (Å²) >= 11 is 0. The highest BCUT2D eigenvalue weighted by molar-refractivity contribution is 5.82. The fourth-order valence-corrected chi connectivity index (χ4v) is 3.92. The summed E-state index contributed by atoms with van der Waals surface area (Å²) in [5.74, 6) is 8.45. The van der Waals surface area contributed by atoms with Crippen LogP contribution in [0.5, 0.6) is 5.75 Å². The van der Waals surface area contributed by atoms with Crippen LogP contribution < -0.4 is 10.5 Å². The molecule has 0 saturated heterocycles. The third kappa shape index (κ3) is 3.90. The van der Waals surface area contributed by atoms with Gasteiger partial charge in [-0.2, -0.15) is 0 Å². The average molecular weight is 409 g/mol. The molecule has 1 saturated carbocycles. The molecule has 0 aliphatic heterocycles. The molecule has 5 nitrogen and oxygen atoms in total. The van der Waals surface area contributed by atoms with E-state index in [0.29, 0.717) is 24.8 Å². The number of hydrogen-bond acceptors (Lipinski definition) is 4. The van der Waals surface area contributed by atoms with Crippen molar-refractivity contribution in [2.45, 2.75) is 31.8 Å². The number of fused-ring (bicyclic) bond motifs is 1. The van der Waals surface area contributed by atoms with Crippen molar-refractivity contribution < 1.29 is 4.74 Å². The Morgan fingerprint density at radius 2 is 1.97 bits per heavy atom. The number of imidazole rings is 1. The predicted molar refractivity (Wildman–Crippen MR) is 122 cm³/mol. The Morgan fingerprint density at radius 3 is 2.74 bits per heavy atom. The number of benzene rings is 2. The third-order valence-corrected chi connectivity index (χ3v) is 5.72. The number of aromatic nitrogens is 3. The molecule has 1 aliphatic rings. The lowest BCUT2D eigenvalue weighted by Gasteiger charge is -2.23. The molecule has 4 aromatic rings. The highest BCUT2D eigenvalue weighted by Gasteiger charge is 2.27. The van der Waals surface area contributed by atoms with Gasteiger partial charge in [0.05, 0.1) is 12.2 Å². The van der Waals surface area contributed by atoms with Crippen LogP contribution in [0.2, 0.25) is 0 Å². The number of rotatable bonds is 5. The molecular weight excluding hydrogens is 384 g/mol. The topological polar surface area (TPSA) is 65.4 Å². The van der Waals surface area contributed by atoms with E-state index >= 15 is 0 Å². The van der Waals surface area contributed by atoms with Crippen molar-refractivity contribution in [1.29, 1.82) is 0 Å². The lowest BCUT2D eigenvalue weighted by Crippen LogP contribution is -2.12. The third-order valence-electron chi connectivity index (χ3n) is 5.72. The Morgan fingerprint density at radius 1 is 1.10 bits per heavy atom. The smallest absolute Gasteiger partial charge is 0.139 e. The second-order valence-corrected chi connectivity index (χ2v) is 7.75. The summed E-state index contributed by atoms with van der Waals surface area (Å²) < 4.78 is 8.21. The summed E-state index contributed by atoms with van der Waals surface area (Å²) in [6, 6.07) is 18.3. The van der Waals surface area contributed by atoms with Gasteiger partial charge in [-0.05, 0) is 36.5 Å². The van der Waals surface area contributed by atoms with Gasteiger partial charge in [0.25, 0.3) is 0 Å². The quantitative estimate of drug-likeness (QED) is 0.492. The van der Waals surface area contributed by atoms with Crippen LogP contribution in [0.3, 0.4) is 0 Å².